The molecule has 0 aliphatic heterocycles. The molecule has 0 aliphatic carbocycles. The van der Waals surface area contributed by atoms with Crippen LogP contribution in [0.5, 0.6) is 11.5 Å². The lowest BCUT2D eigenvalue weighted by Crippen LogP contribution is -1.86. The molecule has 0 saturated heterocycles. The van der Waals surface area contributed by atoms with Crippen molar-refractivity contribution in [3.05, 3.63) is 57.0 Å². The predicted octanol–water partition coefficient (Wildman–Crippen LogP) is 5.31. The molecule has 2 nitrogen and oxygen atoms in total. The van der Waals surface area contributed by atoms with Crippen molar-refractivity contribution in [1.29, 1.82) is 5.26 Å². The molecule has 0 N–H and O–H groups in total. The maximum absolute atomic E-state index is 8.77. The summed E-state index contributed by atoms with van der Waals surface area (Å²) in [4.78, 5) is 0. The van der Waals surface area contributed by atoms with Crippen LogP contribution in [0.1, 0.15) is 5.56 Å². The molecular weight excluding hydrogens is 293 g/mol. The Bertz CT molecular complexity index is 635. The number of halogens is 3. The second kappa shape index (κ2) is 5.49. The van der Waals surface area contributed by atoms with Gasteiger partial charge in [0.15, 0.2) is 0 Å². The van der Waals surface area contributed by atoms with E-state index >= 15 is 0 Å². The lowest BCUT2D eigenvalue weighted by atomic mass is 10.2. The minimum Gasteiger partial charge on any atom is -0.456 e. The Labute approximate surface area is 119 Å². The van der Waals surface area contributed by atoms with Gasteiger partial charge < -0.3 is 4.74 Å². The first-order chi connectivity index (χ1) is 8.60. The fourth-order valence-electron chi connectivity index (χ4n) is 1.33. The smallest absolute Gasteiger partial charge is 0.147 e. The van der Waals surface area contributed by atoms with Crippen molar-refractivity contribution in [2.45, 2.75) is 0 Å². The van der Waals surface area contributed by atoms with Crippen LogP contribution in [0, 0.1) is 11.3 Å². The van der Waals surface area contributed by atoms with Crippen LogP contribution in [0.15, 0.2) is 36.4 Å². The largest absolute Gasteiger partial charge is 0.456 e. The molecule has 2 rings (SSSR count). The minimum atomic E-state index is 0.327. The van der Waals surface area contributed by atoms with Crippen LogP contribution in [0.3, 0.4) is 0 Å². The van der Waals surface area contributed by atoms with Gasteiger partial charge in [-0.05, 0) is 24.3 Å². The Hall–Kier alpha value is -1.40. The summed E-state index contributed by atoms with van der Waals surface area (Å²) in [6, 6.07) is 11.7. The van der Waals surface area contributed by atoms with Gasteiger partial charge in [0.05, 0.1) is 15.6 Å². The van der Waals surface area contributed by atoms with E-state index in [0.717, 1.165) is 0 Å². The first-order valence-corrected chi connectivity index (χ1v) is 6.06. The van der Waals surface area contributed by atoms with E-state index in [1.165, 1.54) is 0 Å². The van der Waals surface area contributed by atoms with E-state index in [1.807, 2.05) is 6.07 Å². The molecule has 0 saturated carbocycles. The SMILES string of the molecule is N#Cc1ccc(Oc2cc(Cl)ccc2Cl)cc1Cl. The maximum Gasteiger partial charge on any atom is 0.147 e. The fourth-order valence-corrected chi connectivity index (χ4v) is 1.86. The average molecular weight is 299 g/mol. The second-order valence-corrected chi connectivity index (χ2v) is 4.68. The van der Waals surface area contributed by atoms with Gasteiger partial charge in [0.1, 0.15) is 17.6 Å². The Kier molecular flexibility index (Phi) is 3.98. The highest BCUT2D eigenvalue weighted by Gasteiger charge is 2.06. The van der Waals surface area contributed by atoms with Crippen LogP contribution in [0.2, 0.25) is 15.1 Å². The fraction of sp³-hybridized carbons (Fsp3) is 0. The number of benzene rings is 2. The number of ether oxygens (including phenoxy) is 1. The molecule has 0 fully saturated rings. The zero-order chi connectivity index (χ0) is 13.1. The van der Waals surface area contributed by atoms with E-state index in [0.29, 0.717) is 32.1 Å². The first kappa shape index (κ1) is 13.0. The van der Waals surface area contributed by atoms with Crippen molar-refractivity contribution >= 4 is 34.8 Å². The van der Waals surface area contributed by atoms with Crippen LogP contribution in [0.4, 0.5) is 0 Å². The van der Waals surface area contributed by atoms with Crippen LogP contribution >= 0.6 is 34.8 Å². The van der Waals surface area contributed by atoms with Crippen LogP contribution in [0.25, 0.3) is 0 Å². The standard InChI is InChI=1S/C13H6Cl3NO/c14-9-2-4-11(15)13(5-9)18-10-3-1-8(7-17)12(16)6-10/h1-6H. The van der Waals surface area contributed by atoms with Crippen molar-refractivity contribution in [2.75, 3.05) is 0 Å². The van der Waals surface area contributed by atoms with Crippen molar-refractivity contribution in [1.82, 2.24) is 0 Å². The van der Waals surface area contributed by atoms with Gasteiger partial charge in [-0.2, -0.15) is 5.26 Å². The summed E-state index contributed by atoms with van der Waals surface area (Å²) in [5.41, 5.74) is 0.390. The topological polar surface area (TPSA) is 33.0 Å². The molecule has 2 aromatic carbocycles. The van der Waals surface area contributed by atoms with E-state index < -0.39 is 0 Å². The summed E-state index contributed by atoms with van der Waals surface area (Å²) in [6.07, 6.45) is 0. The lowest BCUT2D eigenvalue weighted by molar-refractivity contribution is 0.483. The summed E-state index contributed by atoms with van der Waals surface area (Å²) in [5.74, 6) is 0.924. The number of hydrogen-bond acceptors (Lipinski definition) is 2. The molecule has 0 aromatic heterocycles. The molecule has 5 heteroatoms. The molecule has 0 amide bonds. The summed E-state index contributed by atoms with van der Waals surface area (Å²) >= 11 is 17.7. The molecule has 2 aromatic rings. The van der Waals surface area contributed by atoms with Crippen molar-refractivity contribution in [2.24, 2.45) is 0 Å². The third kappa shape index (κ3) is 2.88. The number of hydrogen-bond donors (Lipinski definition) is 0. The third-order valence-electron chi connectivity index (χ3n) is 2.18. The van der Waals surface area contributed by atoms with Gasteiger partial charge in [-0.3, -0.25) is 0 Å². The van der Waals surface area contributed by atoms with E-state index in [1.54, 1.807) is 36.4 Å². The number of rotatable bonds is 2. The first-order valence-electron chi connectivity index (χ1n) is 4.92. The van der Waals surface area contributed by atoms with Crippen molar-refractivity contribution in [3.63, 3.8) is 0 Å². The van der Waals surface area contributed by atoms with Crippen molar-refractivity contribution in [3.8, 4) is 17.6 Å². The van der Waals surface area contributed by atoms with Gasteiger partial charge in [0.25, 0.3) is 0 Å². The normalized spacial score (nSPS) is 9.89. The van der Waals surface area contributed by atoms with E-state index in [4.69, 9.17) is 44.8 Å². The molecule has 0 aliphatic rings. The van der Waals surface area contributed by atoms with Crippen LogP contribution in [-0.4, -0.2) is 0 Å². The van der Waals surface area contributed by atoms with Gasteiger partial charge in [0, 0.05) is 17.2 Å². The van der Waals surface area contributed by atoms with Gasteiger partial charge in [0.2, 0.25) is 0 Å². The van der Waals surface area contributed by atoms with Gasteiger partial charge in [-0.1, -0.05) is 34.8 Å². The Balaban J connectivity index is 2.32. The van der Waals surface area contributed by atoms with Gasteiger partial charge in [-0.25, -0.2) is 0 Å². The predicted molar refractivity (Wildman–Crippen MR) is 72.7 cm³/mol. The highest BCUT2D eigenvalue weighted by atomic mass is 35.5. The summed E-state index contributed by atoms with van der Waals surface area (Å²) in [6.45, 7) is 0. The van der Waals surface area contributed by atoms with Crippen molar-refractivity contribution < 1.29 is 4.74 Å². The molecule has 18 heavy (non-hydrogen) atoms. The second-order valence-electron chi connectivity index (χ2n) is 3.43. The quantitative estimate of drug-likeness (QED) is 0.752. The molecule has 0 unspecified atom stereocenters. The van der Waals surface area contributed by atoms with E-state index in [9.17, 15) is 0 Å². The molecule has 90 valence electrons. The summed E-state index contributed by atoms with van der Waals surface area (Å²) in [5, 5.41) is 10.1. The Morgan fingerprint density at radius 3 is 2.39 bits per heavy atom. The lowest BCUT2D eigenvalue weighted by Gasteiger charge is -2.08. The van der Waals surface area contributed by atoms with E-state index in [-0.39, 0.29) is 0 Å². The highest BCUT2D eigenvalue weighted by Crippen LogP contribution is 2.33. The highest BCUT2D eigenvalue weighted by molar-refractivity contribution is 6.34. The number of nitriles is 1. The molecule has 0 atom stereocenters. The molecular formula is C13H6Cl3NO. The van der Waals surface area contributed by atoms with Crippen LogP contribution < -0.4 is 4.74 Å². The minimum absolute atomic E-state index is 0.327. The zero-order valence-corrected chi connectivity index (χ0v) is 11.2. The zero-order valence-electron chi connectivity index (χ0n) is 8.95. The monoisotopic (exact) mass is 297 g/mol. The number of nitrogens with zero attached hydrogens (tertiary/aromatic N) is 1. The van der Waals surface area contributed by atoms with Crippen LogP contribution in [-0.2, 0) is 0 Å². The van der Waals surface area contributed by atoms with Gasteiger partial charge in [-0.15, -0.1) is 0 Å². The van der Waals surface area contributed by atoms with E-state index in [2.05, 4.69) is 0 Å². The molecule has 0 heterocycles. The summed E-state index contributed by atoms with van der Waals surface area (Å²) < 4.78 is 5.56. The summed E-state index contributed by atoms with van der Waals surface area (Å²) in [7, 11) is 0. The Morgan fingerprint density at radius 2 is 1.72 bits per heavy atom. The third-order valence-corrected chi connectivity index (χ3v) is 3.04. The molecule has 0 bridgehead atoms. The van der Waals surface area contributed by atoms with Gasteiger partial charge >= 0.3 is 0 Å². The maximum atomic E-state index is 8.77. The Morgan fingerprint density at radius 1 is 0.944 bits per heavy atom. The molecule has 0 radical (unpaired) electrons. The average Bonchev–Trinajstić information content (AvgIpc) is 2.34. The molecule has 0 spiro atoms.